The van der Waals surface area contributed by atoms with Crippen molar-refractivity contribution >= 4 is 27.7 Å². The maximum absolute atomic E-state index is 12.3. The zero-order valence-electron chi connectivity index (χ0n) is 13.8. The number of hydrogen-bond acceptors (Lipinski definition) is 4. The molecule has 2 aromatic rings. The molecular weight excluding hydrogens is 388 g/mol. The number of amides is 2. The van der Waals surface area contributed by atoms with E-state index in [1.807, 2.05) is 6.92 Å². The zero-order valence-corrected chi connectivity index (χ0v) is 15.3. The van der Waals surface area contributed by atoms with Gasteiger partial charge in [0.15, 0.2) is 0 Å². The lowest BCUT2D eigenvalue weighted by atomic mass is 10.2. The molecule has 0 aliphatic heterocycles. The summed E-state index contributed by atoms with van der Waals surface area (Å²) >= 11 is 3.30. The van der Waals surface area contributed by atoms with Gasteiger partial charge in [0.25, 0.3) is 11.8 Å². The van der Waals surface area contributed by atoms with Crippen LogP contribution in [-0.2, 0) is 4.74 Å². The van der Waals surface area contributed by atoms with E-state index in [1.54, 1.807) is 48.5 Å². The molecule has 0 saturated carbocycles. The van der Waals surface area contributed by atoms with Crippen molar-refractivity contribution in [1.82, 2.24) is 10.9 Å². The van der Waals surface area contributed by atoms with Gasteiger partial charge in [0.05, 0.1) is 17.7 Å². The molecule has 0 spiro atoms. The maximum Gasteiger partial charge on any atom is 0.273 e. The predicted molar refractivity (Wildman–Crippen MR) is 97.5 cm³/mol. The Bertz CT molecular complexity index is 737. The highest BCUT2D eigenvalue weighted by atomic mass is 79.9. The molecule has 0 aliphatic carbocycles. The number of hydrogen-bond donors (Lipinski definition) is 2. The quantitative estimate of drug-likeness (QED) is 0.547. The molecular formula is C18H19BrN2O4. The van der Waals surface area contributed by atoms with Gasteiger partial charge in [-0.25, -0.2) is 0 Å². The van der Waals surface area contributed by atoms with Crippen LogP contribution in [0.2, 0.25) is 0 Å². The molecule has 0 unspecified atom stereocenters. The molecule has 2 N–H and O–H groups in total. The summed E-state index contributed by atoms with van der Waals surface area (Å²) in [6.07, 6.45) is 0. The van der Waals surface area contributed by atoms with Crippen LogP contribution >= 0.6 is 15.9 Å². The Morgan fingerprint density at radius 3 is 2.20 bits per heavy atom. The summed E-state index contributed by atoms with van der Waals surface area (Å²) < 4.78 is 11.4. The maximum atomic E-state index is 12.3. The van der Waals surface area contributed by atoms with E-state index < -0.39 is 11.8 Å². The van der Waals surface area contributed by atoms with Crippen molar-refractivity contribution in [2.75, 3.05) is 19.8 Å². The number of ether oxygens (including phenoxy) is 2. The van der Waals surface area contributed by atoms with Gasteiger partial charge in [0, 0.05) is 11.1 Å². The molecule has 0 fully saturated rings. The molecule has 0 atom stereocenters. The van der Waals surface area contributed by atoms with Crippen LogP contribution in [0.1, 0.15) is 27.6 Å². The predicted octanol–water partition coefficient (Wildman–Crippen LogP) is 2.94. The fourth-order valence-electron chi connectivity index (χ4n) is 2.03. The van der Waals surface area contributed by atoms with Gasteiger partial charge >= 0.3 is 0 Å². The minimum absolute atomic E-state index is 0.325. The van der Waals surface area contributed by atoms with Gasteiger partial charge in [-0.3, -0.25) is 20.4 Å². The van der Waals surface area contributed by atoms with Crippen LogP contribution in [0, 0.1) is 0 Å². The van der Waals surface area contributed by atoms with Crippen molar-refractivity contribution < 1.29 is 19.1 Å². The molecule has 0 bridgehead atoms. The summed E-state index contributed by atoms with van der Waals surface area (Å²) in [5, 5.41) is 0. The highest BCUT2D eigenvalue weighted by Crippen LogP contribution is 2.18. The van der Waals surface area contributed by atoms with Crippen LogP contribution in [0.4, 0.5) is 0 Å². The fourth-order valence-corrected chi connectivity index (χ4v) is 2.49. The molecule has 2 aromatic carbocycles. The fraction of sp³-hybridized carbons (Fsp3) is 0.222. The number of nitrogens with one attached hydrogen (secondary N) is 2. The first-order valence-electron chi connectivity index (χ1n) is 7.78. The number of benzene rings is 2. The number of rotatable bonds is 7. The minimum Gasteiger partial charge on any atom is -0.490 e. The highest BCUT2D eigenvalue weighted by molar-refractivity contribution is 9.10. The molecule has 2 rings (SSSR count). The second-order valence-corrected chi connectivity index (χ2v) is 5.78. The summed E-state index contributed by atoms with van der Waals surface area (Å²) in [6, 6.07) is 13.7. The van der Waals surface area contributed by atoms with Gasteiger partial charge in [0.2, 0.25) is 0 Å². The first kappa shape index (κ1) is 19.0. The third kappa shape index (κ3) is 5.58. The van der Waals surface area contributed by atoms with Crippen LogP contribution in [0.5, 0.6) is 5.75 Å². The van der Waals surface area contributed by atoms with Crippen LogP contribution in [-0.4, -0.2) is 31.6 Å². The normalized spacial score (nSPS) is 10.2. The van der Waals surface area contributed by atoms with Crippen molar-refractivity contribution in [3.63, 3.8) is 0 Å². The Balaban J connectivity index is 1.96. The molecule has 132 valence electrons. The number of halogens is 1. The Hall–Kier alpha value is -2.38. The molecule has 2 amide bonds. The lowest BCUT2D eigenvalue weighted by molar-refractivity contribution is 0.0840. The summed E-state index contributed by atoms with van der Waals surface area (Å²) in [7, 11) is 0. The first-order chi connectivity index (χ1) is 12.1. The SMILES string of the molecule is CCOCCOc1ccccc1C(=O)NNC(=O)c1ccccc1Br. The molecule has 0 aromatic heterocycles. The van der Waals surface area contributed by atoms with E-state index in [0.29, 0.717) is 41.2 Å². The second kappa shape index (κ2) is 9.80. The summed E-state index contributed by atoms with van der Waals surface area (Å²) in [6.45, 7) is 3.27. The largest absolute Gasteiger partial charge is 0.490 e. The van der Waals surface area contributed by atoms with Crippen molar-refractivity contribution in [1.29, 1.82) is 0 Å². The van der Waals surface area contributed by atoms with E-state index in [9.17, 15) is 9.59 Å². The standard InChI is InChI=1S/C18H19BrN2O4/c1-2-24-11-12-25-16-10-6-4-8-14(16)18(23)21-20-17(22)13-7-3-5-9-15(13)19/h3-10H,2,11-12H2,1H3,(H,20,22)(H,21,23). The average Bonchev–Trinajstić information content (AvgIpc) is 2.64. The molecule has 6 nitrogen and oxygen atoms in total. The van der Waals surface area contributed by atoms with Gasteiger partial charge in [-0.15, -0.1) is 0 Å². The Morgan fingerprint density at radius 1 is 0.920 bits per heavy atom. The van der Waals surface area contributed by atoms with Crippen LogP contribution in [0.15, 0.2) is 53.0 Å². The van der Waals surface area contributed by atoms with Gasteiger partial charge in [-0.1, -0.05) is 24.3 Å². The smallest absolute Gasteiger partial charge is 0.273 e. The summed E-state index contributed by atoms with van der Waals surface area (Å²) in [4.78, 5) is 24.5. The molecule has 0 saturated heterocycles. The van der Waals surface area contributed by atoms with Gasteiger partial charge < -0.3 is 9.47 Å². The van der Waals surface area contributed by atoms with Crippen molar-refractivity contribution in [2.24, 2.45) is 0 Å². The molecule has 25 heavy (non-hydrogen) atoms. The Kier molecular flexibility index (Phi) is 7.43. The monoisotopic (exact) mass is 406 g/mol. The van der Waals surface area contributed by atoms with E-state index in [-0.39, 0.29) is 0 Å². The van der Waals surface area contributed by atoms with Crippen molar-refractivity contribution in [2.45, 2.75) is 6.92 Å². The van der Waals surface area contributed by atoms with Crippen LogP contribution in [0.25, 0.3) is 0 Å². The van der Waals surface area contributed by atoms with E-state index in [2.05, 4.69) is 26.8 Å². The third-order valence-electron chi connectivity index (χ3n) is 3.23. The minimum atomic E-state index is -0.465. The topological polar surface area (TPSA) is 76.7 Å². The lowest BCUT2D eigenvalue weighted by Gasteiger charge is -2.12. The summed E-state index contributed by atoms with van der Waals surface area (Å²) in [5.41, 5.74) is 5.53. The Morgan fingerprint density at radius 2 is 1.52 bits per heavy atom. The molecule has 0 radical (unpaired) electrons. The molecule has 7 heteroatoms. The van der Waals surface area contributed by atoms with Crippen molar-refractivity contribution in [3.8, 4) is 5.75 Å². The Labute approximate surface area is 154 Å². The van der Waals surface area contributed by atoms with Gasteiger partial charge in [-0.2, -0.15) is 0 Å². The molecule has 0 heterocycles. The van der Waals surface area contributed by atoms with E-state index in [4.69, 9.17) is 9.47 Å². The second-order valence-electron chi connectivity index (χ2n) is 4.93. The van der Waals surface area contributed by atoms with Crippen LogP contribution in [0.3, 0.4) is 0 Å². The number of carbonyl (C=O) groups excluding carboxylic acids is 2. The van der Waals surface area contributed by atoms with E-state index in [0.717, 1.165) is 0 Å². The highest BCUT2D eigenvalue weighted by Gasteiger charge is 2.14. The number of para-hydroxylation sites is 1. The van der Waals surface area contributed by atoms with Crippen LogP contribution < -0.4 is 15.6 Å². The van der Waals surface area contributed by atoms with Gasteiger partial charge in [0.1, 0.15) is 12.4 Å². The van der Waals surface area contributed by atoms with Gasteiger partial charge in [-0.05, 0) is 47.1 Å². The zero-order chi connectivity index (χ0) is 18.1. The third-order valence-corrected chi connectivity index (χ3v) is 3.92. The number of carbonyl (C=O) groups is 2. The molecule has 0 aliphatic rings. The number of hydrazine groups is 1. The van der Waals surface area contributed by atoms with E-state index >= 15 is 0 Å². The first-order valence-corrected chi connectivity index (χ1v) is 8.57. The van der Waals surface area contributed by atoms with Crippen molar-refractivity contribution in [3.05, 3.63) is 64.1 Å². The average molecular weight is 407 g/mol. The summed E-state index contributed by atoms with van der Waals surface area (Å²) in [5.74, 6) is -0.460. The van der Waals surface area contributed by atoms with E-state index in [1.165, 1.54) is 0 Å². The lowest BCUT2D eigenvalue weighted by Crippen LogP contribution is -2.41.